The number of hydrazine groups is 1. The zero-order valence-corrected chi connectivity index (χ0v) is 12.9. The van der Waals surface area contributed by atoms with Crippen LogP contribution in [0.25, 0.3) is 0 Å². The van der Waals surface area contributed by atoms with Crippen molar-refractivity contribution in [3.05, 3.63) is 60.3 Å². The predicted octanol–water partition coefficient (Wildman–Crippen LogP) is 2.46. The summed E-state index contributed by atoms with van der Waals surface area (Å²) in [6.45, 7) is 1.99. The number of nitrogens with zero attached hydrogens (tertiary/aromatic N) is 2. The van der Waals surface area contributed by atoms with Gasteiger partial charge in [0.1, 0.15) is 12.0 Å². The van der Waals surface area contributed by atoms with E-state index in [4.69, 9.17) is 10.2 Å². The highest BCUT2D eigenvalue weighted by molar-refractivity contribution is 5.92. The number of carbonyl (C=O) groups is 1. The molecule has 122 valence electrons. The molecule has 1 amide bonds. The van der Waals surface area contributed by atoms with Crippen molar-refractivity contribution >= 4 is 28.9 Å². The van der Waals surface area contributed by atoms with Crippen LogP contribution in [-0.4, -0.2) is 15.9 Å². The maximum absolute atomic E-state index is 11.8. The minimum Gasteiger partial charge on any atom is -0.459 e. The van der Waals surface area contributed by atoms with Crippen LogP contribution in [0.15, 0.2) is 53.4 Å². The van der Waals surface area contributed by atoms with Gasteiger partial charge >= 0.3 is 5.91 Å². The van der Waals surface area contributed by atoms with Gasteiger partial charge in [0.15, 0.2) is 17.4 Å². The molecule has 0 aliphatic heterocycles. The Hall–Kier alpha value is -3.55. The lowest BCUT2D eigenvalue weighted by Crippen LogP contribution is -2.30. The molecule has 5 N–H and O–H groups in total. The number of hydrogen-bond acceptors (Lipinski definition) is 7. The number of aromatic nitrogens is 2. The van der Waals surface area contributed by atoms with Crippen LogP contribution in [0.3, 0.4) is 0 Å². The molecule has 0 spiro atoms. The summed E-state index contributed by atoms with van der Waals surface area (Å²) in [5, 5.41) is 3.12. The summed E-state index contributed by atoms with van der Waals surface area (Å²) in [6.07, 6.45) is 2.76. The van der Waals surface area contributed by atoms with Crippen LogP contribution in [0.1, 0.15) is 16.1 Å². The maximum Gasteiger partial charge on any atom is 0.305 e. The highest BCUT2D eigenvalue weighted by Crippen LogP contribution is 2.25. The second kappa shape index (κ2) is 6.69. The van der Waals surface area contributed by atoms with Crippen LogP contribution in [0.4, 0.5) is 23.0 Å². The molecule has 0 aliphatic carbocycles. The van der Waals surface area contributed by atoms with Crippen molar-refractivity contribution in [2.75, 3.05) is 16.5 Å². The number of furan rings is 1. The molecule has 8 nitrogen and oxygen atoms in total. The number of nitrogens with one attached hydrogen (secondary N) is 3. The van der Waals surface area contributed by atoms with E-state index in [2.05, 4.69) is 26.1 Å². The molecule has 0 fully saturated rings. The van der Waals surface area contributed by atoms with Crippen LogP contribution in [-0.2, 0) is 0 Å². The number of aryl methyl sites for hydroxylation is 1. The van der Waals surface area contributed by atoms with Crippen LogP contribution >= 0.6 is 0 Å². The van der Waals surface area contributed by atoms with Gasteiger partial charge in [-0.15, -0.1) is 0 Å². The molecule has 0 atom stereocenters. The molecule has 2 aromatic heterocycles. The third-order valence-electron chi connectivity index (χ3n) is 3.20. The number of rotatable bonds is 5. The Morgan fingerprint density at radius 2 is 2.00 bits per heavy atom. The summed E-state index contributed by atoms with van der Waals surface area (Å²) in [4.78, 5) is 20.0. The van der Waals surface area contributed by atoms with Crippen molar-refractivity contribution in [1.82, 2.24) is 15.4 Å². The Bertz CT molecular complexity index is 848. The van der Waals surface area contributed by atoms with Crippen molar-refractivity contribution in [2.45, 2.75) is 6.92 Å². The van der Waals surface area contributed by atoms with E-state index >= 15 is 0 Å². The third kappa shape index (κ3) is 3.43. The van der Waals surface area contributed by atoms with Crippen LogP contribution in [0.5, 0.6) is 0 Å². The Morgan fingerprint density at radius 3 is 2.75 bits per heavy atom. The quantitative estimate of drug-likeness (QED) is 0.532. The summed E-state index contributed by atoms with van der Waals surface area (Å²) in [6, 6.07) is 11.0. The fraction of sp³-hybridized carbons (Fsp3) is 0.0625. The van der Waals surface area contributed by atoms with Gasteiger partial charge in [-0.1, -0.05) is 12.1 Å². The van der Waals surface area contributed by atoms with Crippen LogP contribution in [0.2, 0.25) is 0 Å². The number of anilines is 4. The second-order valence-electron chi connectivity index (χ2n) is 5.04. The normalized spacial score (nSPS) is 10.2. The molecule has 3 rings (SSSR count). The monoisotopic (exact) mass is 324 g/mol. The van der Waals surface area contributed by atoms with Gasteiger partial charge in [-0.3, -0.25) is 15.6 Å². The maximum atomic E-state index is 11.8. The van der Waals surface area contributed by atoms with E-state index in [0.717, 1.165) is 11.3 Å². The van der Waals surface area contributed by atoms with Crippen molar-refractivity contribution < 1.29 is 9.21 Å². The Labute approximate surface area is 138 Å². The first-order chi connectivity index (χ1) is 11.6. The number of hydrogen-bond donors (Lipinski definition) is 4. The minimum absolute atomic E-state index is 0.174. The van der Waals surface area contributed by atoms with E-state index in [1.807, 2.05) is 31.2 Å². The molecule has 24 heavy (non-hydrogen) atoms. The van der Waals surface area contributed by atoms with Gasteiger partial charge in [-0.2, -0.15) is 0 Å². The van der Waals surface area contributed by atoms with Crippen molar-refractivity contribution in [2.24, 2.45) is 0 Å². The van der Waals surface area contributed by atoms with Gasteiger partial charge in [0, 0.05) is 5.69 Å². The highest BCUT2D eigenvalue weighted by atomic mass is 16.3. The lowest BCUT2D eigenvalue weighted by molar-refractivity contribution is 0.0935. The molecule has 1 aromatic carbocycles. The molecular formula is C16H16N6O2. The number of amides is 1. The topological polar surface area (TPSA) is 118 Å². The number of benzene rings is 1. The van der Waals surface area contributed by atoms with E-state index in [1.54, 1.807) is 12.1 Å². The lowest BCUT2D eigenvalue weighted by Gasteiger charge is -2.13. The molecule has 0 saturated carbocycles. The first-order valence-corrected chi connectivity index (χ1v) is 7.17. The van der Waals surface area contributed by atoms with Gasteiger partial charge in [-0.05, 0) is 36.8 Å². The average molecular weight is 324 g/mol. The molecule has 0 aliphatic rings. The minimum atomic E-state index is -0.439. The summed E-state index contributed by atoms with van der Waals surface area (Å²) in [5.74, 6) is 0.449. The Morgan fingerprint density at radius 1 is 1.17 bits per heavy atom. The fourth-order valence-electron chi connectivity index (χ4n) is 2.04. The van der Waals surface area contributed by atoms with Crippen molar-refractivity contribution in [1.29, 1.82) is 0 Å². The molecule has 2 heterocycles. The Kier molecular flexibility index (Phi) is 4.28. The summed E-state index contributed by atoms with van der Waals surface area (Å²) >= 11 is 0. The summed E-state index contributed by atoms with van der Waals surface area (Å²) < 4.78 is 5.00. The molecule has 3 aromatic rings. The van der Waals surface area contributed by atoms with E-state index in [1.165, 1.54) is 12.6 Å². The smallest absolute Gasteiger partial charge is 0.305 e. The van der Waals surface area contributed by atoms with Crippen LogP contribution < -0.4 is 21.9 Å². The Balaban J connectivity index is 1.72. The largest absolute Gasteiger partial charge is 0.459 e. The van der Waals surface area contributed by atoms with Gasteiger partial charge in [0.25, 0.3) is 0 Å². The first-order valence-electron chi connectivity index (χ1n) is 7.17. The second-order valence-corrected chi connectivity index (χ2v) is 5.04. The molecule has 0 bridgehead atoms. The van der Waals surface area contributed by atoms with Gasteiger partial charge in [-0.25, -0.2) is 9.97 Å². The first kappa shape index (κ1) is 15.3. The average Bonchev–Trinajstić information content (AvgIpc) is 3.10. The zero-order chi connectivity index (χ0) is 16.9. The number of nitrogen functional groups attached to an aromatic ring is 1. The zero-order valence-electron chi connectivity index (χ0n) is 12.9. The molecule has 0 radical (unpaired) electrons. The number of carbonyl (C=O) groups excluding carboxylic acids is 1. The van der Waals surface area contributed by atoms with Crippen LogP contribution in [0, 0.1) is 6.92 Å². The summed E-state index contributed by atoms with van der Waals surface area (Å²) in [5.41, 5.74) is 13.4. The third-order valence-corrected chi connectivity index (χ3v) is 3.20. The molecule has 0 saturated heterocycles. The van der Waals surface area contributed by atoms with E-state index in [-0.39, 0.29) is 17.3 Å². The van der Waals surface area contributed by atoms with E-state index in [0.29, 0.717) is 5.82 Å². The number of nitrogens with two attached hydrogens (primary N) is 1. The van der Waals surface area contributed by atoms with Gasteiger partial charge in [0.05, 0.1) is 6.26 Å². The fourth-order valence-corrected chi connectivity index (χ4v) is 2.04. The van der Waals surface area contributed by atoms with E-state index in [9.17, 15) is 4.79 Å². The molecule has 0 unspecified atom stereocenters. The summed E-state index contributed by atoms with van der Waals surface area (Å²) in [7, 11) is 0. The molecule has 8 heteroatoms. The van der Waals surface area contributed by atoms with Gasteiger partial charge < -0.3 is 15.5 Å². The SMILES string of the molecule is Cc1cccc(Nc2ncnc(NNC(=O)c3ccco3)c2N)c1. The van der Waals surface area contributed by atoms with Crippen molar-refractivity contribution in [3.8, 4) is 0 Å². The van der Waals surface area contributed by atoms with Crippen molar-refractivity contribution in [3.63, 3.8) is 0 Å². The van der Waals surface area contributed by atoms with Gasteiger partial charge in [0.2, 0.25) is 0 Å². The predicted molar refractivity (Wildman–Crippen MR) is 90.7 cm³/mol. The van der Waals surface area contributed by atoms with E-state index < -0.39 is 5.91 Å². The lowest BCUT2D eigenvalue weighted by atomic mass is 10.2. The molecular weight excluding hydrogens is 308 g/mol. The standard InChI is InChI=1S/C16H16N6O2/c1-10-4-2-5-11(8-10)20-14-13(17)15(19-9-18-14)21-22-16(23)12-6-3-7-24-12/h2-9H,17H2,1H3,(H,22,23)(H2,18,19,20,21). The highest BCUT2D eigenvalue weighted by Gasteiger charge is 2.11.